The highest BCUT2D eigenvalue weighted by Crippen LogP contribution is 2.36. The maximum atomic E-state index is 11.4. The predicted octanol–water partition coefficient (Wildman–Crippen LogP) is 1.26. The second-order valence-corrected chi connectivity index (χ2v) is 6.07. The van der Waals surface area contributed by atoms with E-state index in [4.69, 9.17) is 9.47 Å². The molecule has 0 aliphatic carbocycles. The normalized spacial score (nSPS) is 40.6. The molecule has 3 fully saturated rings. The van der Waals surface area contributed by atoms with Gasteiger partial charge in [0.05, 0.1) is 12.2 Å². The molecule has 0 amide bonds. The van der Waals surface area contributed by atoms with Gasteiger partial charge in [0.1, 0.15) is 6.04 Å². The van der Waals surface area contributed by atoms with Gasteiger partial charge in [-0.2, -0.15) is 0 Å². The number of carbonyl (C=O) groups is 1. The van der Waals surface area contributed by atoms with Gasteiger partial charge in [0.2, 0.25) is 0 Å². The third-order valence-electron chi connectivity index (χ3n) is 4.83. The van der Waals surface area contributed by atoms with Crippen LogP contribution in [0.2, 0.25) is 0 Å². The average Bonchev–Trinajstić information content (AvgIpc) is 2.86. The van der Waals surface area contributed by atoms with Gasteiger partial charge in [-0.3, -0.25) is 9.69 Å². The first-order chi connectivity index (χ1) is 9.20. The molecule has 0 radical (unpaired) electrons. The van der Waals surface area contributed by atoms with Crippen molar-refractivity contribution in [2.24, 2.45) is 0 Å². The third-order valence-corrected chi connectivity index (χ3v) is 4.83. The van der Waals surface area contributed by atoms with Crippen LogP contribution >= 0.6 is 0 Å². The summed E-state index contributed by atoms with van der Waals surface area (Å²) in [6.07, 6.45) is 5.77. The van der Waals surface area contributed by atoms with Crippen LogP contribution in [-0.4, -0.2) is 60.0 Å². The molecule has 108 valence electrons. The van der Waals surface area contributed by atoms with E-state index in [1.807, 2.05) is 0 Å². The lowest BCUT2D eigenvalue weighted by atomic mass is 9.86. The third kappa shape index (κ3) is 2.64. The highest BCUT2D eigenvalue weighted by molar-refractivity contribution is 5.73. The molecule has 0 bridgehead atoms. The number of piperidine rings is 1. The van der Waals surface area contributed by atoms with Gasteiger partial charge in [-0.15, -0.1) is 0 Å². The Hall–Kier alpha value is -0.650. The van der Waals surface area contributed by atoms with E-state index in [9.17, 15) is 9.90 Å². The lowest BCUT2D eigenvalue weighted by Crippen LogP contribution is -2.55. The Kier molecular flexibility index (Phi) is 3.78. The summed E-state index contributed by atoms with van der Waals surface area (Å²) in [5, 5.41) is 9.40. The number of rotatable bonds is 2. The quantitative estimate of drug-likeness (QED) is 0.818. The zero-order valence-corrected chi connectivity index (χ0v) is 11.3. The van der Waals surface area contributed by atoms with Gasteiger partial charge < -0.3 is 14.6 Å². The fourth-order valence-electron chi connectivity index (χ4n) is 3.80. The second-order valence-electron chi connectivity index (χ2n) is 6.07. The molecule has 3 aliphatic rings. The molecule has 3 atom stereocenters. The van der Waals surface area contributed by atoms with Gasteiger partial charge in [-0.1, -0.05) is 6.42 Å². The summed E-state index contributed by atoms with van der Waals surface area (Å²) in [5.41, 5.74) is -0.135. The Bertz CT molecular complexity index is 340. The number of nitrogens with zero attached hydrogens (tertiary/aromatic N) is 1. The maximum Gasteiger partial charge on any atom is 0.320 e. The highest BCUT2D eigenvalue weighted by atomic mass is 16.6. The van der Waals surface area contributed by atoms with Crippen LogP contribution in [0.4, 0.5) is 0 Å². The lowest BCUT2D eigenvalue weighted by Gasteiger charge is -2.45. The number of hydrogen-bond acceptors (Lipinski definition) is 4. The molecule has 5 nitrogen and oxygen atoms in total. The molecule has 3 saturated heterocycles. The van der Waals surface area contributed by atoms with Crippen molar-refractivity contribution in [2.45, 2.75) is 56.2 Å². The van der Waals surface area contributed by atoms with Crippen molar-refractivity contribution in [3.8, 4) is 0 Å². The Labute approximate surface area is 113 Å². The zero-order valence-electron chi connectivity index (χ0n) is 11.3. The van der Waals surface area contributed by atoms with Gasteiger partial charge >= 0.3 is 5.97 Å². The first kappa shape index (κ1) is 13.3. The van der Waals surface area contributed by atoms with Gasteiger partial charge in [-0.05, 0) is 32.2 Å². The van der Waals surface area contributed by atoms with Crippen LogP contribution in [0.5, 0.6) is 0 Å². The number of carboxylic acids is 1. The smallest absolute Gasteiger partial charge is 0.320 e. The molecule has 1 N–H and O–H groups in total. The van der Waals surface area contributed by atoms with E-state index in [0.29, 0.717) is 12.6 Å². The van der Waals surface area contributed by atoms with E-state index in [1.165, 1.54) is 0 Å². The van der Waals surface area contributed by atoms with Crippen molar-refractivity contribution in [2.75, 3.05) is 26.4 Å². The fraction of sp³-hybridized carbons (Fsp3) is 0.929. The SMILES string of the molecule is O=C(O)C1CCCCN1C1CCOC2(CCOC2)C1. The van der Waals surface area contributed by atoms with Crippen molar-refractivity contribution in [3.63, 3.8) is 0 Å². The Balaban J connectivity index is 1.71. The molecule has 3 aliphatic heterocycles. The summed E-state index contributed by atoms with van der Waals surface area (Å²) in [4.78, 5) is 13.6. The van der Waals surface area contributed by atoms with Crippen molar-refractivity contribution in [1.82, 2.24) is 4.90 Å². The topological polar surface area (TPSA) is 59.0 Å². The number of likely N-dealkylation sites (tertiary alicyclic amines) is 1. The minimum absolute atomic E-state index is 0.135. The highest BCUT2D eigenvalue weighted by Gasteiger charge is 2.44. The second kappa shape index (κ2) is 5.38. The Morgan fingerprint density at radius 1 is 1.26 bits per heavy atom. The molecule has 3 unspecified atom stereocenters. The van der Waals surface area contributed by atoms with E-state index in [-0.39, 0.29) is 11.6 Å². The molecular formula is C14H23NO4. The van der Waals surface area contributed by atoms with E-state index in [0.717, 1.165) is 58.3 Å². The van der Waals surface area contributed by atoms with E-state index in [2.05, 4.69) is 4.90 Å². The molecule has 1 spiro atoms. The van der Waals surface area contributed by atoms with Crippen LogP contribution in [0.1, 0.15) is 38.5 Å². The summed E-state index contributed by atoms with van der Waals surface area (Å²) in [5.74, 6) is -0.664. The van der Waals surface area contributed by atoms with Gasteiger partial charge in [0, 0.05) is 25.7 Å². The van der Waals surface area contributed by atoms with Gasteiger partial charge in [0.15, 0.2) is 0 Å². The largest absolute Gasteiger partial charge is 0.480 e. The van der Waals surface area contributed by atoms with E-state index in [1.54, 1.807) is 0 Å². The molecular weight excluding hydrogens is 246 g/mol. The van der Waals surface area contributed by atoms with Crippen molar-refractivity contribution in [3.05, 3.63) is 0 Å². The lowest BCUT2D eigenvalue weighted by molar-refractivity contribution is -0.151. The average molecular weight is 269 g/mol. The van der Waals surface area contributed by atoms with Crippen LogP contribution in [0, 0.1) is 0 Å². The molecule has 5 heteroatoms. The molecule has 0 aromatic rings. The summed E-state index contributed by atoms with van der Waals surface area (Å²) >= 11 is 0. The molecule has 0 aromatic carbocycles. The summed E-state index contributed by atoms with van der Waals surface area (Å²) in [6, 6.07) is 0.0491. The van der Waals surface area contributed by atoms with E-state index >= 15 is 0 Å². The zero-order chi connectivity index (χ0) is 13.3. The monoisotopic (exact) mass is 269 g/mol. The van der Waals surface area contributed by atoms with Gasteiger partial charge in [0.25, 0.3) is 0 Å². The first-order valence-corrected chi connectivity index (χ1v) is 7.40. The van der Waals surface area contributed by atoms with Crippen LogP contribution in [0.15, 0.2) is 0 Å². The summed E-state index contributed by atoms with van der Waals surface area (Å²) < 4.78 is 11.4. The molecule has 0 aromatic heterocycles. The van der Waals surface area contributed by atoms with Crippen LogP contribution in [0.3, 0.4) is 0 Å². The fourth-order valence-corrected chi connectivity index (χ4v) is 3.80. The van der Waals surface area contributed by atoms with Crippen LogP contribution in [0.25, 0.3) is 0 Å². The summed E-state index contributed by atoms with van der Waals surface area (Å²) in [7, 11) is 0. The van der Waals surface area contributed by atoms with Crippen molar-refractivity contribution in [1.29, 1.82) is 0 Å². The first-order valence-electron chi connectivity index (χ1n) is 7.40. The minimum atomic E-state index is -0.664. The Morgan fingerprint density at radius 2 is 2.16 bits per heavy atom. The number of hydrogen-bond donors (Lipinski definition) is 1. The predicted molar refractivity (Wildman–Crippen MR) is 69.1 cm³/mol. The molecule has 3 rings (SSSR count). The summed E-state index contributed by atoms with van der Waals surface area (Å²) in [6.45, 7) is 3.10. The van der Waals surface area contributed by atoms with Crippen molar-refractivity contribution >= 4 is 5.97 Å². The van der Waals surface area contributed by atoms with Crippen LogP contribution < -0.4 is 0 Å². The number of carboxylic acid groups (broad SMARTS) is 1. The van der Waals surface area contributed by atoms with Crippen molar-refractivity contribution < 1.29 is 19.4 Å². The number of ether oxygens (including phenoxy) is 2. The molecule has 3 heterocycles. The van der Waals surface area contributed by atoms with Crippen LogP contribution in [-0.2, 0) is 14.3 Å². The molecule has 0 saturated carbocycles. The number of aliphatic carboxylic acids is 1. The standard InChI is InChI=1S/C14H23NO4/c16-13(17)12-3-1-2-6-15(12)11-4-7-19-14(9-11)5-8-18-10-14/h11-12H,1-10H2,(H,16,17). The van der Waals surface area contributed by atoms with E-state index < -0.39 is 5.97 Å². The van der Waals surface area contributed by atoms with Gasteiger partial charge in [-0.25, -0.2) is 0 Å². The Morgan fingerprint density at radius 3 is 2.89 bits per heavy atom. The molecule has 19 heavy (non-hydrogen) atoms. The maximum absolute atomic E-state index is 11.4. The minimum Gasteiger partial charge on any atom is -0.480 e.